The van der Waals surface area contributed by atoms with Crippen LogP contribution in [-0.2, 0) is 18.3 Å². The van der Waals surface area contributed by atoms with Gasteiger partial charge in [0.1, 0.15) is 22.7 Å². The summed E-state index contributed by atoms with van der Waals surface area (Å²) in [6.45, 7) is 3.18. The largest absolute Gasteiger partial charge is 0.496 e. The summed E-state index contributed by atoms with van der Waals surface area (Å²) < 4.78 is 12.2. The Morgan fingerprint density at radius 3 is 2.50 bits per heavy atom. The van der Waals surface area contributed by atoms with Crippen molar-refractivity contribution in [2.75, 3.05) is 19.5 Å². The van der Waals surface area contributed by atoms with Crippen molar-refractivity contribution < 1.29 is 19.1 Å². The van der Waals surface area contributed by atoms with Gasteiger partial charge in [-0.25, -0.2) is 9.59 Å². The summed E-state index contributed by atoms with van der Waals surface area (Å²) in [5.41, 5.74) is 5.05. The molecule has 0 unspecified atom stereocenters. The summed E-state index contributed by atoms with van der Waals surface area (Å²) in [5.74, 6) is -1.49. The molecule has 0 atom stereocenters. The number of benzene rings is 1. The number of carbonyl (C=O) groups is 2. The van der Waals surface area contributed by atoms with Crippen LogP contribution in [0.25, 0.3) is 0 Å². The van der Waals surface area contributed by atoms with Crippen LogP contribution in [0.3, 0.4) is 0 Å². The number of nitrogens with two attached hydrogens (primary N) is 1. The molecular weight excluding hydrogens is 366 g/mol. The van der Waals surface area contributed by atoms with E-state index in [-0.39, 0.29) is 23.5 Å². The summed E-state index contributed by atoms with van der Waals surface area (Å²) in [4.78, 5) is 49.4. The van der Waals surface area contributed by atoms with Crippen LogP contribution < -0.4 is 21.7 Å². The van der Waals surface area contributed by atoms with Crippen molar-refractivity contribution >= 4 is 17.6 Å². The van der Waals surface area contributed by atoms with Gasteiger partial charge < -0.3 is 15.2 Å². The lowest BCUT2D eigenvalue weighted by molar-refractivity contribution is 0.0471. The molecule has 150 valence electrons. The fourth-order valence-electron chi connectivity index (χ4n) is 2.75. The Morgan fingerprint density at radius 2 is 1.89 bits per heavy atom. The topological polar surface area (TPSA) is 123 Å². The summed E-state index contributed by atoms with van der Waals surface area (Å²) in [6, 6.07) is 4.95. The molecule has 1 aromatic carbocycles. The molecule has 2 aromatic rings. The number of nitrogen functional groups attached to an aromatic ring is 1. The summed E-state index contributed by atoms with van der Waals surface area (Å²) in [5, 5.41) is 0. The molecule has 28 heavy (non-hydrogen) atoms. The Hall–Kier alpha value is -3.36. The lowest BCUT2D eigenvalue weighted by Crippen LogP contribution is -2.43. The van der Waals surface area contributed by atoms with Crippen molar-refractivity contribution in [1.29, 1.82) is 0 Å². The van der Waals surface area contributed by atoms with Gasteiger partial charge in [0.25, 0.3) is 5.56 Å². The minimum atomic E-state index is -0.830. The molecule has 2 rings (SSSR count). The second-order valence-electron chi connectivity index (χ2n) is 6.26. The highest BCUT2D eigenvalue weighted by molar-refractivity contribution is 6.02. The Bertz CT molecular complexity index is 1040. The molecular formula is C19H23N3O6. The monoisotopic (exact) mass is 389 g/mol. The molecule has 0 aliphatic rings. The number of carbonyl (C=O) groups excluding carboxylic acids is 2. The van der Waals surface area contributed by atoms with Gasteiger partial charge >= 0.3 is 11.7 Å². The van der Waals surface area contributed by atoms with Crippen molar-refractivity contribution in [1.82, 2.24) is 9.13 Å². The molecule has 2 N–H and O–H groups in total. The molecule has 1 aromatic heterocycles. The third-order valence-electron chi connectivity index (χ3n) is 4.22. The van der Waals surface area contributed by atoms with Crippen LogP contribution in [0.15, 0.2) is 27.8 Å². The van der Waals surface area contributed by atoms with E-state index in [9.17, 15) is 19.2 Å². The zero-order valence-corrected chi connectivity index (χ0v) is 16.3. The molecule has 9 heteroatoms. The van der Waals surface area contributed by atoms with E-state index in [1.54, 1.807) is 25.1 Å². The van der Waals surface area contributed by atoms with Gasteiger partial charge in [-0.3, -0.25) is 18.7 Å². The average Bonchev–Trinajstić information content (AvgIpc) is 2.67. The number of rotatable bonds is 7. The van der Waals surface area contributed by atoms with E-state index in [0.29, 0.717) is 12.2 Å². The van der Waals surface area contributed by atoms with Crippen LogP contribution in [-0.4, -0.2) is 34.6 Å². The van der Waals surface area contributed by atoms with Gasteiger partial charge in [0.05, 0.1) is 7.11 Å². The number of aromatic nitrogens is 2. The standard InChI is InChI=1S/C19H23N3O6/c1-5-8-22-16(20)15(17(24)21(3)19(22)26)13(23)10-28-18(25)12-9-11(2)6-7-14(12)27-4/h6-7,9H,5,8,10,20H2,1-4H3. The van der Waals surface area contributed by atoms with Gasteiger partial charge in [-0.05, 0) is 25.5 Å². The van der Waals surface area contributed by atoms with E-state index < -0.39 is 29.6 Å². The van der Waals surface area contributed by atoms with Crippen molar-refractivity contribution in [3.05, 3.63) is 55.7 Å². The minimum absolute atomic E-state index is 0.159. The molecule has 9 nitrogen and oxygen atoms in total. The van der Waals surface area contributed by atoms with Gasteiger partial charge in [0.15, 0.2) is 6.61 Å². The van der Waals surface area contributed by atoms with Gasteiger partial charge in [-0.15, -0.1) is 0 Å². The van der Waals surface area contributed by atoms with Gasteiger partial charge in [-0.2, -0.15) is 0 Å². The Balaban J connectivity index is 2.32. The fraction of sp³-hybridized carbons (Fsp3) is 0.368. The first kappa shape index (κ1) is 20.9. The molecule has 0 saturated heterocycles. The van der Waals surface area contributed by atoms with E-state index in [2.05, 4.69) is 0 Å². The van der Waals surface area contributed by atoms with Crippen molar-refractivity contribution in [2.24, 2.45) is 7.05 Å². The number of hydrogen-bond acceptors (Lipinski definition) is 7. The van der Waals surface area contributed by atoms with E-state index >= 15 is 0 Å². The molecule has 0 radical (unpaired) electrons. The maximum absolute atomic E-state index is 12.5. The minimum Gasteiger partial charge on any atom is -0.496 e. The van der Waals surface area contributed by atoms with Crippen LogP contribution in [0.2, 0.25) is 0 Å². The normalized spacial score (nSPS) is 10.6. The maximum Gasteiger partial charge on any atom is 0.342 e. The highest BCUT2D eigenvalue weighted by Gasteiger charge is 2.23. The Kier molecular flexibility index (Phi) is 6.40. The molecule has 0 saturated carbocycles. The Labute approximate surface area is 161 Å². The predicted molar refractivity (Wildman–Crippen MR) is 103 cm³/mol. The lowest BCUT2D eigenvalue weighted by atomic mass is 10.1. The first-order valence-corrected chi connectivity index (χ1v) is 8.67. The molecule has 0 spiro atoms. The number of ketones is 1. The molecule has 0 bridgehead atoms. The zero-order chi connectivity index (χ0) is 21.0. The second-order valence-corrected chi connectivity index (χ2v) is 6.26. The predicted octanol–water partition coefficient (Wildman–Crippen LogP) is 0.896. The van der Waals surface area contributed by atoms with Gasteiger partial charge in [0, 0.05) is 13.6 Å². The van der Waals surface area contributed by atoms with Crippen molar-refractivity contribution in [3.63, 3.8) is 0 Å². The molecule has 0 aliphatic carbocycles. The third kappa shape index (κ3) is 3.98. The van der Waals surface area contributed by atoms with Crippen LogP contribution in [0.5, 0.6) is 5.75 Å². The number of hydrogen-bond donors (Lipinski definition) is 1. The maximum atomic E-state index is 12.5. The van der Waals surface area contributed by atoms with Crippen LogP contribution in [0.4, 0.5) is 5.82 Å². The summed E-state index contributed by atoms with van der Waals surface area (Å²) in [6.07, 6.45) is 0.581. The molecule has 0 amide bonds. The van der Waals surface area contributed by atoms with Crippen LogP contribution in [0.1, 0.15) is 39.6 Å². The number of nitrogens with zero attached hydrogens (tertiary/aromatic N) is 2. The summed E-state index contributed by atoms with van der Waals surface area (Å²) >= 11 is 0. The Morgan fingerprint density at radius 1 is 1.21 bits per heavy atom. The first-order valence-electron chi connectivity index (χ1n) is 8.67. The van der Waals surface area contributed by atoms with E-state index in [0.717, 1.165) is 14.7 Å². The van der Waals surface area contributed by atoms with Gasteiger partial charge in [0.2, 0.25) is 5.78 Å². The highest BCUT2D eigenvalue weighted by atomic mass is 16.5. The SMILES string of the molecule is CCCn1c(N)c(C(=O)COC(=O)c2cc(C)ccc2OC)c(=O)n(C)c1=O. The molecule has 0 fully saturated rings. The number of Topliss-reactive ketones (excluding diaryl/α,β-unsaturated/α-hetero) is 1. The average molecular weight is 389 g/mol. The highest BCUT2D eigenvalue weighted by Crippen LogP contribution is 2.20. The number of ether oxygens (including phenoxy) is 2. The number of aryl methyl sites for hydroxylation is 1. The zero-order valence-electron chi connectivity index (χ0n) is 16.3. The first-order chi connectivity index (χ1) is 13.2. The lowest BCUT2D eigenvalue weighted by Gasteiger charge is -2.14. The second kappa shape index (κ2) is 8.55. The fourth-order valence-corrected chi connectivity index (χ4v) is 2.75. The molecule has 1 heterocycles. The number of anilines is 1. The van der Waals surface area contributed by atoms with E-state index in [1.165, 1.54) is 14.2 Å². The number of esters is 1. The van der Waals surface area contributed by atoms with Gasteiger partial charge in [-0.1, -0.05) is 18.6 Å². The van der Waals surface area contributed by atoms with E-state index in [1.807, 2.05) is 6.92 Å². The third-order valence-corrected chi connectivity index (χ3v) is 4.22. The molecule has 0 aliphatic heterocycles. The van der Waals surface area contributed by atoms with E-state index in [4.69, 9.17) is 15.2 Å². The smallest absolute Gasteiger partial charge is 0.342 e. The van der Waals surface area contributed by atoms with Crippen molar-refractivity contribution in [3.8, 4) is 5.75 Å². The van der Waals surface area contributed by atoms with Crippen molar-refractivity contribution in [2.45, 2.75) is 26.8 Å². The quantitative estimate of drug-likeness (QED) is 0.551. The van der Waals surface area contributed by atoms with Crippen LogP contribution in [0, 0.1) is 6.92 Å². The van der Waals surface area contributed by atoms with Crippen LogP contribution >= 0.6 is 0 Å². The number of methoxy groups -OCH3 is 1. The summed E-state index contributed by atoms with van der Waals surface area (Å²) in [7, 11) is 2.67.